The largest absolute Gasteiger partial charge is 0.459 e. The van der Waals surface area contributed by atoms with Gasteiger partial charge in [-0.15, -0.1) is 0 Å². The van der Waals surface area contributed by atoms with E-state index in [9.17, 15) is 35.9 Å². The van der Waals surface area contributed by atoms with Gasteiger partial charge in [-0.25, -0.2) is 9.59 Å². The number of hydrogen-bond donors (Lipinski definition) is 1. The molecule has 0 radical (unpaired) electrons. The Morgan fingerprint density at radius 3 is 1.92 bits per heavy atom. The van der Waals surface area contributed by atoms with Gasteiger partial charge in [-0.1, -0.05) is 12.1 Å². The minimum atomic E-state index is -6.33. The van der Waals surface area contributed by atoms with Crippen LogP contribution in [-0.2, 0) is 14.3 Å². The van der Waals surface area contributed by atoms with Crippen molar-refractivity contribution in [3.8, 4) is 0 Å². The molecule has 1 aromatic rings. The quantitative estimate of drug-likeness (QED) is 0.300. The van der Waals surface area contributed by atoms with Crippen LogP contribution < -0.4 is 0 Å². The molecule has 1 aromatic carbocycles. The fourth-order valence-electron chi connectivity index (χ4n) is 1.47. The second-order valence-corrected chi connectivity index (χ2v) is 5.62. The summed E-state index contributed by atoms with van der Waals surface area (Å²) in [5.41, 5.74) is -5.56. The van der Waals surface area contributed by atoms with E-state index in [1.165, 1.54) is 12.1 Å². The van der Waals surface area contributed by atoms with Gasteiger partial charge in [0.05, 0.1) is 5.56 Å². The molecule has 0 aliphatic rings. The van der Waals surface area contributed by atoms with Gasteiger partial charge in [0.2, 0.25) is 0 Å². The number of rotatable bonds is 5. The molecular formula is C13H9F6IO5. The molecule has 140 valence electrons. The number of alkyl halides is 6. The van der Waals surface area contributed by atoms with E-state index in [4.69, 9.17) is 5.11 Å². The summed E-state index contributed by atoms with van der Waals surface area (Å²) >= 11 is 1.81. The number of carbonyl (C=O) groups excluding carboxylic acids is 2. The predicted molar refractivity (Wildman–Crippen MR) is 77.5 cm³/mol. The molecule has 0 saturated carbocycles. The Hall–Kier alpha value is -1.57. The number of aliphatic hydroxyl groups is 1. The molecular weight excluding hydrogens is 477 g/mol. The smallest absolute Gasteiger partial charge is 0.437 e. The van der Waals surface area contributed by atoms with E-state index >= 15 is 0 Å². The molecule has 0 fully saturated rings. The Balaban J connectivity index is 2.65. The van der Waals surface area contributed by atoms with Crippen LogP contribution in [0.15, 0.2) is 24.3 Å². The van der Waals surface area contributed by atoms with Crippen molar-refractivity contribution in [1.29, 1.82) is 0 Å². The second kappa shape index (κ2) is 7.76. The summed E-state index contributed by atoms with van der Waals surface area (Å²) in [5, 5.41) is 8.74. The van der Waals surface area contributed by atoms with Crippen LogP contribution in [0.3, 0.4) is 0 Å². The molecule has 0 spiro atoms. The summed E-state index contributed by atoms with van der Waals surface area (Å²) in [4.78, 5) is 22.7. The molecule has 0 bridgehead atoms. The van der Waals surface area contributed by atoms with E-state index in [1.54, 1.807) is 34.7 Å². The first-order valence-corrected chi connectivity index (χ1v) is 7.35. The molecule has 0 heterocycles. The van der Waals surface area contributed by atoms with Crippen LogP contribution in [-0.4, -0.2) is 48.2 Å². The molecule has 0 unspecified atom stereocenters. The molecule has 1 N–H and O–H groups in total. The lowest BCUT2D eigenvalue weighted by atomic mass is 10.0. The van der Waals surface area contributed by atoms with E-state index in [2.05, 4.69) is 9.47 Å². The zero-order valence-electron chi connectivity index (χ0n) is 11.9. The van der Waals surface area contributed by atoms with Crippen LogP contribution in [0.25, 0.3) is 0 Å². The van der Waals surface area contributed by atoms with Crippen LogP contribution in [0.1, 0.15) is 10.4 Å². The second-order valence-electron chi connectivity index (χ2n) is 4.46. The summed E-state index contributed by atoms with van der Waals surface area (Å²) in [5.74, 6) is -3.87. The van der Waals surface area contributed by atoms with Gasteiger partial charge < -0.3 is 14.6 Å². The lowest BCUT2D eigenvalue weighted by molar-refractivity contribution is -0.357. The highest BCUT2D eigenvalue weighted by atomic mass is 127. The highest BCUT2D eigenvalue weighted by molar-refractivity contribution is 14.1. The van der Waals surface area contributed by atoms with Gasteiger partial charge in [0.1, 0.15) is 13.2 Å². The summed E-state index contributed by atoms with van der Waals surface area (Å²) in [6, 6.07) is 6.06. The Morgan fingerprint density at radius 1 is 0.960 bits per heavy atom. The molecule has 5 nitrogen and oxygen atoms in total. The van der Waals surface area contributed by atoms with Gasteiger partial charge in [-0.2, -0.15) is 26.3 Å². The van der Waals surface area contributed by atoms with Crippen LogP contribution in [0.4, 0.5) is 26.3 Å². The van der Waals surface area contributed by atoms with Crippen LogP contribution in [0, 0.1) is 3.57 Å². The van der Waals surface area contributed by atoms with Gasteiger partial charge in [0, 0.05) is 3.57 Å². The number of hydrogen-bond acceptors (Lipinski definition) is 5. The highest BCUT2D eigenvalue weighted by Crippen LogP contribution is 2.43. The molecule has 1 rings (SSSR count). The van der Waals surface area contributed by atoms with Crippen LogP contribution in [0.2, 0.25) is 0 Å². The summed E-state index contributed by atoms with van der Waals surface area (Å²) < 4.78 is 83.2. The molecule has 0 aliphatic carbocycles. The van der Waals surface area contributed by atoms with E-state index in [0.717, 1.165) is 0 Å². The zero-order valence-corrected chi connectivity index (χ0v) is 14.1. The third-order valence-corrected chi connectivity index (χ3v) is 3.70. The van der Waals surface area contributed by atoms with E-state index < -0.39 is 43.1 Å². The van der Waals surface area contributed by atoms with Crippen molar-refractivity contribution in [2.45, 2.75) is 18.0 Å². The maximum absolute atomic E-state index is 12.4. The number of benzene rings is 1. The molecule has 12 heteroatoms. The monoisotopic (exact) mass is 486 g/mol. The zero-order chi connectivity index (χ0) is 19.5. The molecule has 0 atom stereocenters. The van der Waals surface area contributed by atoms with Crippen molar-refractivity contribution in [3.63, 3.8) is 0 Å². The van der Waals surface area contributed by atoms with Crippen molar-refractivity contribution < 1.29 is 50.5 Å². The lowest BCUT2D eigenvalue weighted by Crippen LogP contribution is -2.63. The predicted octanol–water partition coefficient (Wildman–Crippen LogP) is 2.85. The molecule has 0 saturated heterocycles. The SMILES string of the molecule is O=C(OCCOC(=O)C(O)(C(F)(F)F)C(F)(F)F)c1ccccc1I. The Morgan fingerprint density at radius 2 is 1.44 bits per heavy atom. The third-order valence-electron chi connectivity index (χ3n) is 2.76. The molecule has 0 amide bonds. The minimum absolute atomic E-state index is 0.108. The average molecular weight is 486 g/mol. The molecule has 0 aromatic heterocycles. The van der Waals surface area contributed by atoms with Crippen molar-refractivity contribution in [1.82, 2.24) is 0 Å². The van der Waals surface area contributed by atoms with E-state index in [0.29, 0.717) is 3.57 Å². The molecule has 0 aliphatic heterocycles. The van der Waals surface area contributed by atoms with Gasteiger partial charge in [0.25, 0.3) is 0 Å². The topological polar surface area (TPSA) is 72.8 Å². The maximum atomic E-state index is 12.4. The van der Waals surface area contributed by atoms with Crippen molar-refractivity contribution in [2.75, 3.05) is 13.2 Å². The lowest BCUT2D eigenvalue weighted by Gasteiger charge is -2.29. The number of ether oxygens (including phenoxy) is 2. The Labute approximate surface area is 150 Å². The van der Waals surface area contributed by atoms with Crippen molar-refractivity contribution >= 4 is 34.5 Å². The Kier molecular flexibility index (Phi) is 6.67. The molecule has 25 heavy (non-hydrogen) atoms. The number of halogens is 7. The summed E-state index contributed by atoms with van der Waals surface area (Å²) in [7, 11) is 0. The third kappa shape index (κ3) is 4.74. The highest BCUT2D eigenvalue weighted by Gasteiger charge is 2.76. The van der Waals surface area contributed by atoms with Crippen molar-refractivity contribution in [2.24, 2.45) is 0 Å². The van der Waals surface area contributed by atoms with E-state index in [1.807, 2.05) is 0 Å². The first-order chi connectivity index (χ1) is 11.3. The number of esters is 2. The van der Waals surface area contributed by atoms with Gasteiger partial charge in [-0.3, -0.25) is 0 Å². The fraction of sp³-hybridized carbons (Fsp3) is 0.385. The van der Waals surface area contributed by atoms with Crippen LogP contribution >= 0.6 is 22.6 Å². The fourth-order valence-corrected chi connectivity index (χ4v) is 2.08. The van der Waals surface area contributed by atoms with Gasteiger partial charge >= 0.3 is 29.9 Å². The normalized spacial score (nSPS) is 12.6. The minimum Gasteiger partial charge on any atom is -0.459 e. The van der Waals surface area contributed by atoms with Crippen LogP contribution in [0.5, 0.6) is 0 Å². The average Bonchev–Trinajstić information content (AvgIpc) is 2.48. The Bertz CT molecular complexity index is 629. The van der Waals surface area contributed by atoms with Gasteiger partial charge in [-0.05, 0) is 34.7 Å². The standard InChI is InChI=1S/C13H9F6IO5/c14-12(15,16)11(23,13(17,18)19)10(22)25-6-5-24-9(21)7-3-1-2-4-8(7)20/h1-4,23H,5-6H2. The maximum Gasteiger partial charge on any atom is 0.437 e. The summed E-state index contributed by atoms with van der Waals surface area (Å²) in [6.07, 6.45) is -12.7. The first-order valence-electron chi connectivity index (χ1n) is 6.27. The number of carbonyl (C=O) groups is 2. The van der Waals surface area contributed by atoms with Gasteiger partial charge in [0.15, 0.2) is 0 Å². The summed E-state index contributed by atoms with van der Waals surface area (Å²) in [6.45, 7) is -1.91. The van der Waals surface area contributed by atoms with Crippen molar-refractivity contribution in [3.05, 3.63) is 33.4 Å². The van der Waals surface area contributed by atoms with E-state index in [-0.39, 0.29) is 5.56 Å². The first kappa shape index (κ1) is 21.5.